The van der Waals surface area contributed by atoms with Crippen LogP contribution in [0.2, 0.25) is 0 Å². The van der Waals surface area contributed by atoms with Gasteiger partial charge >= 0.3 is 0 Å². The van der Waals surface area contributed by atoms with Crippen molar-refractivity contribution in [3.05, 3.63) is 0 Å². The second-order valence-electron chi connectivity index (χ2n) is 4.12. The molecule has 1 aliphatic rings. The zero-order valence-corrected chi connectivity index (χ0v) is 9.99. The Kier molecular flexibility index (Phi) is 4.42. The maximum absolute atomic E-state index is 11.8. The van der Waals surface area contributed by atoms with Gasteiger partial charge in [-0.1, -0.05) is 0 Å². The molecule has 6 nitrogen and oxygen atoms in total. The van der Waals surface area contributed by atoms with E-state index in [0.29, 0.717) is 25.1 Å². The van der Waals surface area contributed by atoms with E-state index in [0.717, 1.165) is 6.54 Å². The summed E-state index contributed by atoms with van der Waals surface area (Å²) in [4.78, 5) is 26.3. The maximum Gasteiger partial charge on any atom is 0.269 e. The van der Waals surface area contributed by atoms with Crippen LogP contribution in [0.15, 0.2) is 5.10 Å². The van der Waals surface area contributed by atoms with Crippen LogP contribution in [0, 0.1) is 0 Å². The first-order valence-corrected chi connectivity index (χ1v) is 5.26. The number of hydrogen-bond acceptors (Lipinski definition) is 4. The number of nitrogens with zero attached hydrogens (tertiary/aromatic N) is 3. The molecule has 90 valence electrons. The van der Waals surface area contributed by atoms with Crippen LogP contribution in [0.3, 0.4) is 0 Å². The van der Waals surface area contributed by atoms with Crippen molar-refractivity contribution < 1.29 is 9.59 Å². The van der Waals surface area contributed by atoms with Crippen LogP contribution >= 0.6 is 0 Å². The molecule has 0 aromatic heterocycles. The summed E-state index contributed by atoms with van der Waals surface area (Å²) in [5, 5.41) is 3.77. The fraction of sp³-hybridized carbons (Fsp3) is 0.700. The molecular weight excluding hydrogens is 208 g/mol. The van der Waals surface area contributed by atoms with Crippen LogP contribution in [-0.4, -0.2) is 61.6 Å². The summed E-state index contributed by atoms with van der Waals surface area (Å²) >= 11 is 0. The third-order valence-electron chi connectivity index (χ3n) is 2.38. The average Bonchev–Trinajstić information content (AvgIpc) is 2.26. The molecule has 2 amide bonds. The molecule has 1 N–H and O–H groups in total. The van der Waals surface area contributed by atoms with Gasteiger partial charge in [-0.15, -0.1) is 0 Å². The van der Waals surface area contributed by atoms with Crippen molar-refractivity contribution in [1.82, 2.24) is 15.2 Å². The fourth-order valence-corrected chi connectivity index (χ4v) is 1.30. The number of amides is 2. The van der Waals surface area contributed by atoms with Gasteiger partial charge in [-0.25, -0.2) is 5.43 Å². The molecule has 16 heavy (non-hydrogen) atoms. The van der Waals surface area contributed by atoms with Crippen LogP contribution in [0.5, 0.6) is 0 Å². The number of hydrogen-bond donors (Lipinski definition) is 1. The van der Waals surface area contributed by atoms with E-state index < -0.39 is 0 Å². The first-order valence-electron chi connectivity index (χ1n) is 5.26. The van der Waals surface area contributed by atoms with E-state index in [1.165, 1.54) is 0 Å². The van der Waals surface area contributed by atoms with Gasteiger partial charge in [-0.05, 0) is 14.1 Å². The highest BCUT2D eigenvalue weighted by Gasteiger charge is 2.20. The van der Waals surface area contributed by atoms with E-state index in [-0.39, 0.29) is 11.8 Å². The van der Waals surface area contributed by atoms with E-state index >= 15 is 0 Å². The minimum atomic E-state index is -0.132. The van der Waals surface area contributed by atoms with Crippen molar-refractivity contribution in [3.8, 4) is 0 Å². The molecule has 0 unspecified atom stereocenters. The predicted molar refractivity (Wildman–Crippen MR) is 61.0 cm³/mol. The van der Waals surface area contributed by atoms with Crippen LogP contribution in [0.1, 0.15) is 12.8 Å². The Hall–Kier alpha value is -1.43. The van der Waals surface area contributed by atoms with Crippen LogP contribution < -0.4 is 5.43 Å². The Bertz CT molecular complexity index is 312. The van der Waals surface area contributed by atoms with Gasteiger partial charge in [-0.2, -0.15) is 5.10 Å². The molecule has 0 radical (unpaired) electrons. The lowest BCUT2D eigenvalue weighted by Gasteiger charge is -2.21. The SMILES string of the molecule is CN(C)CCN(C)C(=O)C1=NNC(=O)CC1. The van der Waals surface area contributed by atoms with Gasteiger partial charge in [-0.3, -0.25) is 9.59 Å². The van der Waals surface area contributed by atoms with Gasteiger partial charge in [0.2, 0.25) is 5.91 Å². The third-order valence-corrected chi connectivity index (χ3v) is 2.38. The van der Waals surface area contributed by atoms with Crippen LogP contribution in [0.4, 0.5) is 0 Å². The molecule has 1 aliphatic heterocycles. The lowest BCUT2D eigenvalue weighted by molar-refractivity contribution is -0.123. The van der Waals surface area contributed by atoms with E-state index in [9.17, 15) is 9.59 Å². The fourth-order valence-electron chi connectivity index (χ4n) is 1.30. The van der Waals surface area contributed by atoms with Crippen molar-refractivity contribution in [3.63, 3.8) is 0 Å². The van der Waals surface area contributed by atoms with Gasteiger partial charge in [0, 0.05) is 33.0 Å². The molecule has 0 aromatic carbocycles. The highest BCUT2D eigenvalue weighted by atomic mass is 16.2. The molecule has 0 spiro atoms. The van der Waals surface area contributed by atoms with Gasteiger partial charge in [0.15, 0.2) is 0 Å². The minimum Gasteiger partial charge on any atom is -0.339 e. The molecule has 0 fully saturated rings. The van der Waals surface area contributed by atoms with Crippen molar-refractivity contribution in [2.45, 2.75) is 12.8 Å². The Morgan fingerprint density at radius 2 is 2.00 bits per heavy atom. The number of carbonyl (C=O) groups is 2. The lowest BCUT2D eigenvalue weighted by Crippen LogP contribution is -2.40. The van der Waals surface area contributed by atoms with Gasteiger partial charge in [0.25, 0.3) is 5.91 Å². The van der Waals surface area contributed by atoms with Crippen molar-refractivity contribution in [2.75, 3.05) is 34.2 Å². The van der Waals surface area contributed by atoms with Gasteiger partial charge in [0.05, 0.1) is 0 Å². The normalized spacial score (nSPS) is 15.8. The summed E-state index contributed by atoms with van der Waals surface area (Å²) in [5.41, 5.74) is 2.76. The monoisotopic (exact) mass is 226 g/mol. The van der Waals surface area contributed by atoms with E-state index in [2.05, 4.69) is 10.5 Å². The Balaban J connectivity index is 2.47. The smallest absolute Gasteiger partial charge is 0.269 e. The molecule has 0 saturated heterocycles. The summed E-state index contributed by atoms with van der Waals surface area (Å²) in [6.07, 6.45) is 0.767. The molecule has 0 saturated carbocycles. The third kappa shape index (κ3) is 3.62. The van der Waals surface area contributed by atoms with Crippen molar-refractivity contribution in [1.29, 1.82) is 0 Å². The first kappa shape index (κ1) is 12.6. The lowest BCUT2D eigenvalue weighted by atomic mass is 10.1. The van der Waals surface area contributed by atoms with E-state index in [1.54, 1.807) is 11.9 Å². The Labute approximate surface area is 95.3 Å². The highest BCUT2D eigenvalue weighted by molar-refractivity contribution is 6.39. The summed E-state index contributed by atoms with van der Waals surface area (Å²) in [6, 6.07) is 0. The minimum absolute atomic E-state index is 0.109. The molecule has 1 rings (SSSR count). The summed E-state index contributed by atoms with van der Waals surface area (Å²) in [6.45, 7) is 1.46. The van der Waals surface area contributed by atoms with Crippen LogP contribution in [0.25, 0.3) is 0 Å². The van der Waals surface area contributed by atoms with Gasteiger partial charge in [0.1, 0.15) is 5.71 Å². The number of rotatable bonds is 4. The highest BCUT2D eigenvalue weighted by Crippen LogP contribution is 2.02. The van der Waals surface area contributed by atoms with Crippen molar-refractivity contribution in [2.24, 2.45) is 5.10 Å². The zero-order chi connectivity index (χ0) is 12.1. The van der Waals surface area contributed by atoms with Gasteiger partial charge < -0.3 is 9.80 Å². The van der Waals surface area contributed by atoms with Crippen molar-refractivity contribution >= 4 is 17.5 Å². The molecule has 0 aromatic rings. The molecule has 6 heteroatoms. The first-order chi connectivity index (χ1) is 7.50. The van der Waals surface area contributed by atoms with E-state index in [1.807, 2.05) is 19.0 Å². The summed E-state index contributed by atoms with van der Waals surface area (Å²) in [7, 11) is 5.65. The predicted octanol–water partition coefficient (Wildman–Crippen LogP) is -0.728. The number of carbonyl (C=O) groups excluding carboxylic acids is 2. The molecule has 0 bridgehead atoms. The largest absolute Gasteiger partial charge is 0.339 e. The number of hydrazone groups is 1. The Morgan fingerprint density at radius 3 is 2.50 bits per heavy atom. The number of likely N-dealkylation sites (N-methyl/N-ethyl adjacent to an activating group) is 2. The summed E-state index contributed by atoms with van der Waals surface area (Å²) in [5.74, 6) is -0.241. The maximum atomic E-state index is 11.8. The second kappa shape index (κ2) is 5.60. The molecule has 0 aliphatic carbocycles. The number of nitrogens with one attached hydrogen (secondary N) is 1. The standard InChI is InChI=1S/C10H18N4O2/c1-13(2)6-7-14(3)10(16)8-4-5-9(15)12-11-8/h4-7H2,1-3H3,(H,12,15). The Morgan fingerprint density at radius 1 is 1.31 bits per heavy atom. The summed E-state index contributed by atoms with van der Waals surface area (Å²) < 4.78 is 0. The molecule has 1 heterocycles. The average molecular weight is 226 g/mol. The molecule has 0 atom stereocenters. The van der Waals surface area contributed by atoms with Crippen LogP contribution in [-0.2, 0) is 9.59 Å². The zero-order valence-electron chi connectivity index (χ0n) is 9.99. The van der Waals surface area contributed by atoms with E-state index in [4.69, 9.17) is 0 Å². The topological polar surface area (TPSA) is 65.0 Å². The second-order valence-corrected chi connectivity index (χ2v) is 4.12. The molecular formula is C10H18N4O2. The quantitative estimate of drug-likeness (QED) is 0.687.